The first-order chi connectivity index (χ1) is 34.3. The number of guanidine groups is 2. The average molecular weight is 1010 g/mol. The fourth-order valence-electron chi connectivity index (χ4n) is 6.74. The molecular formula is C46H71N17O9. The van der Waals surface area contributed by atoms with Crippen LogP contribution in [-0.4, -0.2) is 133 Å². The van der Waals surface area contributed by atoms with Crippen LogP contribution in [0.1, 0.15) is 69.9 Å². The molecule has 3 unspecified atom stereocenters. The van der Waals surface area contributed by atoms with Gasteiger partial charge in [-0.05, 0) is 49.3 Å². The van der Waals surface area contributed by atoms with Crippen molar-refractivity contribution in [2.75, 3.05) is 32.7 Å². The molecule has 394 valence electrons. The Bertz CT molecular complexity index is 2310. The Kier molecular flexibility index (Phi) is 27.0. The minimum atomic E-state index is -1.60. The minimum absolute atomic E-state index is 0.00884. The molecule has 1 saturated heterocycles. The number of nitrogens with two attached hydrogens (primary N) is 7. The number of hydrogen-bond donors (Lipinski definition) is 15. The summed E-state index contributed by atoms with van der Waals surface area (Å²) in [5, 5.41) is 18.4. The van der Waals surface area contributed by atoms with E-state index in [9.17, 15) is 43.2 Å². The van der Waals surface area contributed by atoms with Crippen LogP contribution in [0.5, 0.6) is 0 Å². The maximum Gasteiger partial charge on any atom is 0.243 e. The fraction of sp³-hybridized carbons (Fsp3) is 0.457. The standard InChI is InChI=1S/C38H49N11O9.2C4H11N3/c39-18-32(52)45-26-11-6-14-42-31(51)13-12-25(34(41)54)47-37(57)28(16-22-19-43-24-10-5-4-9-23(22)24)46-33(53)20-44-35(55)27(15-21-7-2-1-3-8-21)48-38(58)29(17-30(40)50)49-36(26)56;2*1-2-3-7-4(5)6/h1-5,7-10,19,25-29,43H,6,11-18,20,39H2,(H2,40,50)(H2,41,54)(H,42,51)(H,44,55)(H,45,52)(H,46,53)(H,47,57)(H,48,58)(H,49,56);2*2-3H2,1H3,(H4,5,6,7)/t25?,26?,27?,28-,29-;;/m0../s1. The Morgan fingerprint density at radius 2 is 1.26 bits per heavy atom. The molecule has 5 atom stereocenters. The van der Waals surface area contributed by atoms with Crippen molar-refractivity contribution in [1.29, 1.82) is 0 Å². The molecule has 2 heterocycles. The summed E-state index contributed by atoms with van der Waals surface area (Å²) < 4.78 is 0. The number of amides is 9. The highest BCUT2D eigenvalue weighted by atomic mass is 16.2. The first-order valence-electron chi connectivity index (χ1n) is 23.3. The molecule has 3 aromatic rings. The Hall–Kier alpha value is -8.29. The number of H-pyrrole nitrogens is 1. The highest BCUT2D eigenvalue weighted by molar-refractivity contribution is 5.98. The van der Waals surface area contributed by atoms with Crippen LogP contribution in [0.15, 0.2) is 70.8 Å². The van der Waals surface area contributed by atoms with Crippen LogP contribution in [0.25, 0.3) is 10.9 Å². The number of carbonyl (C=O) groups is 9. The maximum atomic E-state index is 13.7. The monoisotopic (exact) mass is 1010 g/mol. The number of aromatic amines is 1. The topological polar surface area (TPSA) is 460 Å². The van der Waals surface area contributed by atoms with E-state index in [2.05, 4.69) is 52.2 Å². The normalized spacial score (nSPS) is 19.5. The van der Waals surface area contributed by atoms with Gasteiger partial charge in [-0.15, -0.1) is 0 Å². The van der Waals surface area contributed by atoms with Gasteiger partial charge < -0.3 is 82.3 Å². The van der Waals surface area contributed by atoms with Gasteiger partial charge in [-0.2, -0.15) is 0 Å². The molecule has 4 rings (SSSR count). The highest BCUT2D eigenvalue weighted by Gasteiger charge is 2.32. The third kappa shape index (κ3) is 23.3. The number of fused-ring (bicyclic) bond motifs is 1. The first kappa shape index (κ1) is 59.8. The number of benzene rings is 2. The lowest BCUT2D eigenvalue weighted by Gasteiger charge is -2.25. The Labute approximate surface area is 417 Å². The van der Waals surface area contributed by atoms with E-state index in [1.165, 1.54) is 0 Å². The van der Waals surface area contributed by atoms with Gasteiger partial charge in [0.05, 0.1) is 19.5 Å². The van der Waals surface area contributed by atoms with Crippen molar-refractivity contribution >= 4 is 76.0 Å². The van der Waals surface area contributed by atoms with Gasteiger partial charge in [-0.3, -0.25) is 53.1 Å². The van der Waals surface area contributed by atoms with Crippen LogP contribution in [0.4, 0.5) is 0 Å². The number of nitrogens with zero attached hydrogens (tertiary/aromatic N) is 2. The van der Waals surface area contributed by atoms with Gasteiger partial charge in [0.25, 0.3) is 0 Å². The van der Waals surface area contributed by atoms with E-state index in [0.29, 0.717) is 11.1 Å². The van der Waals surface area contributed by atoms with Crippen LogP contribution in [-0.2, 0) is 56.0 Å². The van der Waals surface area contributed by atoms with Crippen molar-refractivity contribution in [3.05, 3.63) is 71.9 Å². The third-order valence-corrected chi connectivity index (χ3v) is 10.3. The van der Waals surface area contributed by atoms with Gasteiger partial charge >= 0.3 is 0 Å². The van der Waals surface area contributed by atoms with Crippen LogP contribution >= 0.6 is 0 Å². The lowest BCUT2D eigenvalue weighted by molar-refractivity contribution is -0.135. The van der Waals surface area contributed by atoms with E-state index in [-0.39, 0.29) is 57.0 Å². The molecular weight excluding hydrogens is 935 g/mol. The van der Waals surface area contributed by atoms with E-state index in [0.717, 1.165) is 36.8 Å². The van der Waals surface area contributed by atoms with E-state index < -0.39 is 103 Å². The quantitative estimate of drug-likeness (QED) is 0.0571. The summed E-state index contributed by atoms with van der Waals surface area (Å²) in [5.41, 5.74) is 38.5. The fourth-order valence-corrected chi connectivity index (χ4v) is 6.74. The summed E-state index contributed by atoms with van der Waals surface area (Å²) in [7, 11) is 0. The van der Waals surface area contributed by atoms with Gasteiger partial charge in [-0.1, -0.05) is 62.4 Å². The molecule has 72 heavy (non-hydrogen) atoms. The predicted octanol–water partition coefficient (Wildman–Crippen LogP) is -4.16. The molecule has 2 aromatic carbocycles. The third-order valence-electron chi connectivity index (χ3n) is 10.3. The largest absolute Gasteiger partial charge is 0.370 e. The Morgan fingerprint density at radius 3 is 1.85 bits per heavy atom. The zero-order chi connectivity index (χ0) is 53.6. The highest BCUT2D eigenvalue weighted by Crippen LogP contribution is 2.19. The number of carbonyl (C=O) groups excluding carboxylic acids is 9. The molecule has 9 amide bonds. The number of nitrogens with one attached hydrogen (secondary N) is 8. The van der Waals surface area contributed by atoms with Crippen molar-refractivity contribution in [2.24, 2.45) is 50.1 Å². The lowest BCUT2D eigenvalue weighted by Crippen LogP contribution is -2.58. The Balaban J connectivity index is 0.00000111. The van der Waals surface area contributed by atoms with Crippen LogP contribution < -0.4 is 77.4 Å². The summed E-state index contributed by atoms with van der Waals surface area (Å²) in [6, 6.07) is 9.00. The summed E-state index contributed by atoms with van der Waals surface area (Å²) in [6.07, 6.45) is 2.49. The molecule has 1 aromatic heterocycles. The summed E-state index contributed by atoms with van der Waals surface area (Å²) in [5.74, 6) is -7.03. The van der Waals surface area contributed by atoms with E-state index in [1.807, 2.05) is 32.0 Å². The summed E-state index contributed by atoms with van der Waals surface area (Å²) >= 11 is 0. The maximum absolute atomic E-state index is 13.7. The van der Waals surface area contributed by atoms with Crippen LogP contribution in [0.2, 0.25) is 0 Å². The molecule has 0 spiro atoms. The number of aromatic nitrogens is 1. The second kappa shape index (κ2) is 32.5. The van der Waals surface area contributed by atoms with Gasteiger partial charge in [0.1, 0.15) is 30.2 Å². The molecule has 0 aliphatic carbocycles. The molecule has 1 aliphatic heterocycles. The number of primary amides is 2. The van der Waals surface area contributed by atoms with Gasteiger partial charge in [0, 0.05) is 56.0 Å². The van der Waals surface area contributed by atoms with Gasteiger partial charge in [0.15, 0.2) is 11.9 Å². The zero-order valence-electron chi connectivity index (χ0n) is 40.7. The van der Waals surface area contributed by atoms with Gasteiger partial charge in [0.2, 0.25) is 53.2 Å². The van der Waals surface area contributed by atoms with Gasteiger partial charge in [-0.25, -0.2) is 0 Å². The molecule has 26 heteroatoms. The average Bonchev–Trinajstić information content (AvgIpc) is 3.75. The summed E-state index contributed by atoms with van der Waals surface area (Å²) in [4.78, 5) is 128. The lowest BCUT2D eigenvalue weighted by atomic mass is 10.0. The molecule has 22 N–H and O–H groups in total. The molecule has 1 aliphatic rings. The number of hydrogen-bond acceptors (Lipinski definition) is 12. The second-order valence-electron chi connectivity index (χ2n) is 16.3. The molecule has 0 bridgehead atoms. The number of para-hydroxylation sites is 1. The van der Waals surface area contributed by atoms with E-state index >= 15 is 0 Å². The summed E-state index contributed by atoms with van der Waals surface area (Å²) in [6.45, 7) is 4.39. The predicted molar refractivity (Wildman–Crippen MR) is 270 cm³/mol. The SMILES string of the molecule is CCCN=C(N)N.CCCN=C(N)N.NCC(=O)NC1CCCNC(=O)CCC(C(N)=O)NC(=O)[C@H](Cc2c[nH]c3ccccc23)NC(=O)CNC(=O)C(Cc2ccccc2)NC(=O)[C@H](CC(N)=O)NC1=O. The van der Waals surface area contributed by atoms with Crippen LogP contribution in [0.3, 0.4) is 0 Å². The van der Waals surface area contributed by atoms with Crippen molar-refractivity contribution in [3.63, 3.8) is 0 Å². The van der Waals surface area contributed by atoms with Crippen molar-refractivity contribution in [2.45, 2.75) is 102 Å². The zero-order valence-corrected chi connectivity index (χ0v) is 40.7. The van der Waals surface area contributed by atoms with Crippen molar-refractivity contribution in [3.8, 4) is 0 Å². The Morgan fingerprint density at radius 1 is 0.667 bits per heavy atom. The minimum Gasteiger partial charge on any atom is -0.370 e. The molecule has 0 radical (unpaired) electrons. The molecule has 0 saturated carbocycles. The van der Waals surface area contributed by atoms with E-state index in [4.69, 9.17) is 40.1 Å². The van der Waals surface area contributed by atoms with Crippen molar-refractivity contribution < 1.29 is 43.2 Å². The first-order valence-corrected chi connectivity index (χ1v) is 23.3. The second-order valence-corrected chi connectivity index (χ2v) is 16.3. The molecule has 1 fully saturated rings. The van der Waals surface area contributed by atoms with Crippen molar-refractivity contribution in [1.82, 2.24) is 42.2 Å². The van der Waals surface area contributed by atoms with Crippen LogP contribution in [0, 0.1) is 0 Å². The molecule has 26 nitrogen and oxygen atoms in total. The number of aliphatic imine (C=N–C) groups is 2. The smallest absolute Gasteiger partial charge is 0.243 e. The number of rotatable bonds is 13. The van der Waals surface area contributed by atoms with E-state index in [1.54, 1.807) is 42.6 Å².